The molecule has 0 radical (unpaired) electrons. The van der Waals surface area contributed by atoms with Gasteiger partial charge in [-0.25, -0.2) is 4.57 Å². The van der Waals surface area contributed by atoms with E-state index in [1.54, 1.807) is 0 Å². The molecule has 0 bridgehead atoms. The highest BCUT2D eigenvalue weighted by Gasteiger charge is 2.26. The van der Waals surface area contributed by atoms with Crippen molar-refractivity contribution in [3.63, 3.8) is 0 Å². The molecule has 0 heterocycles. The molecular weight excluding hydrogens is 1150 g/mol. The number of unbranched alkanes of at least 4 members (excludes halogenated alkanes) is 38. The number of hydrogen-bond donors (Lipinski definition) is 2. The van der Waals surface area contributed by atoms with Crippen molar-refractivity contribution in [3.05, 3.63) is 122 Å². The lowest BCUT2D eigenvalue weighted by Crippen LogP contribution is -2.29. The van der Waals surface area contributed by atoms with Gasteiger partial charge >= 0.3 is 19.8 Å². The number of nitrogens with two attached hydrogens (primary N) is 1. The summed E-state index contributed by atoms with van der Waals surface area (Å²) in [6.45, 7) is 3.63. The van der Waals surface area contributed by atoms with Crippen molar-refractivity contribution < 1.29 is 37.6 Å². The molecule has 0 aromatic heterocycles. The molecule has 0 spiro atoms. The highest BCUT2D eigenvalue weighted by molar-refractivity contribution is 7.47. The predicted octanol–water partition coefficient (Wildman–Crippen LogP) is 25.4. The van der Waals surface area contributed by atoms with Gasteiger partial charge in [-0.15, -0.1) is 0 Å². The molecule has 2 unspecified atom stereocenters. The first-order valence-corrected chi connectivity index (χ1v) is 39.5. The van der Waals surface area contributed by atoms with E-state index >= 15 is 0 Å². The van der Waals surface area contributed by atoms with E-state index in [9.17, 15) is 19.0 Å². The molecule has 0 aliphatic rings. The van der Waals surface area contributed by atoms with Crippen LogP contribution in [0, 0.1) is 0 Å². The molecule has 10 heteroatoms. The molecule has 0 aromatic carbocycles. The molecule has 0 fully saturated rings. The maximum atomic E-state index is 12.8. The Labute approximate surface area is 561 Å². The lowest BCUT2D eigenvalue weighted by molar-refractivity contribution is -0.161. The summed E-state index contributed by atoms with van der Waals surface area (Å²) in [5.41, 5.74) is 5.41. The summed E-state index contributed by atoms with van der Waals surface area (Å²) >= 11 is 0. The molecule has 0 amide bonds. The highest BCUT2D eigenvalue weighted by atomic mass is 31.2. The van der Waals surface area contributed by atoms with Crippen molar-refractivity contribution in [2.24, 2.45) is 5.73 Å². The van der Waals surface area contributed by atoms with Crippen LogP contribution in [0.1, 0.15) is 348 Å². The van der Waals surface area contributed by atoms with Crippen LogP contribution in [0.2, 0.25) is 0 Å². The molecule has 0 saturated carbocycles. The molecule has 0 rings (SSSR count). The second-order valence-corrected chi connectivity index (χ2v) is 26.6. The summed E-state index contributed by atoms with van der Waals surface area (Å²) < 4.78 is 33.2. The molecule has 9 nitrogen and oxygen atoms in total. The van der Waals surface area contributed by atoms with Gasteiger partial charge in [-0.3, -0.25) is 18.6 Å². The molecule has 524 valence electrons. The zero-order valence-corrected chi connectivity index (χ0v) is 59.9. The summed E-state index contributed by atoms with van der Waals surface area (Å²) in [5, 5.41) is 0. The topological polar surface area (TPSA) is 134 Å². The Morgan fingerprint density at radius 1 is 0.341 bits per heavy atom. The van der Waals surface area contributed by atoms with Gasteiger partial charge in [0.05, 0.1) is 13.2 Å². The van der Waals surface area contributed by atoms with E-state index in [0.717, 1.165) is 103 Å². The highest BCUT2D eigenvalue weighted by Crippen LogP contribution is 2.43. The Kier molecular flexibility index (Phi) is 72.5. The van der Waals surface area contributed by atoms with E-state index < -0.39 is 26.5 Å². The van der Waals surface area contributed by atoms with Crippen LogP contribution in [-0.2, 0) is 32.7 Å². The van der Waals surface area contributed by atoms with Crippen LogP contribution in [0.3, 0.4) is 0 Å². The SMILES string of the molecule is CC/C=C\C/C=C\C/C=C\C/C=C\C/C=C\C/C=C\C/C=C\CCCCCCCCCC(=O)OC(COC(=O)CCCCCCCCCCCCCCCCCCCCCCCCCCCC/C=C\C/C=C\C/C=C\CCCCCCC)COP(=O)(O)OCCN. The summed E-state index contributed by atoms with van der Waals surface area (Å²) in [4.78, 5) is 35.4. The number of ether oxygens (including phenoxy) is 2. The minimum Gasteiger partial charge on any atom is -0.462 e. The summed E-state index contributed by atoms with van der Waals surface area (Å²) in [5.74, 6) is -0.834. The Morgan fingerprint density at radius 3 is 0.901 bits per heavy atom. The number of rotatable bonds is 71. The number of allylic oxidation sites excluding steroid dienone is 20. The van der Waals surface area contributed by atoms with Crippen LogP contribution in [0.4, 0.5) is 0 Å². The van der Waals surface area contributed by atoms with Crippen molar-refractivity contribution in [2.75, 3.05) is 26.4 Å². The first-order chi connectivity index (χ1) is 44.8. The molecular formula is C81H142NO8P. The molecule has 2 atom stereocenters. The van der Waals surface area contributed by atoms with Crippen molar-refractivity contribution in [2.45, 2.75) is 354 Å². The van der Waals surface area contributed by atoms with Gasteiger partial charge in [0, 0.05) is 19.4 Å². The van der Waals surface area contributed by atoms with Crippen LogP contribution < -0.4 is 5.73 Å². The summed E-state index contributed by atoms with van der Waals surface area (Å²) in [7, 11) is -4.40. The minimum absolute atomic E-state index is 0.0473. The van der Waals surface area contributed by atoms with E-state index in [-0.39, 0.29) is 38.6 Å². The number of carbonyl (C=O) groups is 2. The monoisotopic (exact) mass is 1290 g/mol. The number of hydrogen-bond acceptors (Lipinski definition) is 8. The van der Waals surface area contributed by atoms with Crippen LogP contribution in [0.15, 0.2) is 122 Å². The summed E-state index contributed by atoms with van der Waals surface area (Å²) in [6, 6.07) is 0. The molecule has 0 aromatic rings. The largest absolute Gasteiger partial charge is 0.472 e. The van der Waals surface area contributed by atoms with Gasteiger partial charge < -0.3 is 20.1 Å². The second-order valence-electron chi connectivity index (χ2n) is 25.1. The number of phosphoric ester groups is 1. The zero-order valence-electron chi connectivity index (χ0n) is 59.1. The standard InChI is InChI=1S/C81H142NO8P/c1-3-5-7-9-11-13-15-17-19-21-23-25-27-29-31-33-34-35-36-37-38-39-40-41-42-43-44-46-47-49-51-53-55-57-59-61-63-65-67-69-71-73-80(83)87-77-79(78-89-91(85,86)88-76-75-82)90-81(84)74-72-70-68-66-64-62-60-58-56-54-52-50-48-45-32-30-28-26-24-22-20-18-16-14-12-10-8-6-4-2/h6,8,12,14-15,17-18,20-21,23-24,26-27,29-30,32,48,50,54,56,79H,3-5,7,9-11,13,16,19,22,25,28,31,33-47,49,51-53,55,57-78,82H2,1-2H3,(H,85,86)/b8-6-,14-12-,17-15-,20-18-,23-21-,26-24-,29-27-,32-30-,50-48-,56-54-. The quantitative estimate of drug-likeness (QED) is 0.0264. The lowest BCUT2D eigenvalue weighted by atomic mass is 10.0. The van der Waals surface area contributed by atoms with E-state index in [1.807, 2.05) is 0 Å². The van der Waals surface area contributed by atoms with Gasteiger partial charge in [-0.05, 0) is 109 Å². The van der Waals surface area contributed by atoms with Crippen LogP contribution in [-0.4, -0.2) is 49.3 Å². The normalized spacial score (nSPS) is 13.6. The van der Waals surface area contributed by atoms with Crippen molar-refractivity contribution in [1.29, 1.82) is 0 Å². The van der Waals surface area contributed by atoms with E-state index in [2.05, 4.69) is 135 Å². The Balaban J connectivity index is 3.83. The molecule has 0 saturated heterocycles. The Bertz CT molecular complexity index is 1910. The van der Waals surface area contributed by atoms with Crippen molar-refractivity contribution in [3.8, 4) is 0 Å². The lowest BCUT2D eigenvalue weighted by Gasteiger charge is -2.19. The first-order valence-electron chi connectivity index (χ1n) is 38.0. The third-order valence-electron chi connectivity index (χ3n) is 16.3. The van der Waals surface area contributed by atoms with Crippen molar-refractivity contribution >= 4 is 19.8 Å². The van der Waals surface area contributed by atoms with Crippen molar-refractivity contribution in [1.82, 2.24) is 0 Å². The molecule has 0 aliphatic carbocycles. The molecule has 3 N–H and O–H groups in total. The summed E-state index contributed by atoms with van der Waals surface area (Å²) in [6.07, 6.45) is 106. The fourth-order valence-corrected chi connectivity index (χ4v) is 11.5. The molecule has 0 aliphatic heterocycles. The molecule has 91 heavy (non-hydrogen) atoms. The van der Waals surface area contributed by atoms with Gasteiger partial charge in [-0.2, -0.15) is 0 Å². The third-order valence-corrected chi connectivity index (χ3v) is 17.3. The minimum atomic E-state index is -4.40. The zero-order chi connectivity index (χ0) is 65.8. The Morgan fingerprint density at radius 2 is 0.604 bits per heavy atom. The number of esters is 2. The van der Waals surface area contributed by atoms with E-state index in [1.165, 1.54) is 212 Å². The third kappa shape index (κ3) is 75.3. The van der Waals surface area contributed by atoms with Gasteiger partial charge in [-0.1, -0.05) is 347 Å². The Hall–Kier alpha value is -3.59. The first kappa shape index (κ1) is 87.4. The predicted molar refractivity (Wildman–Crippen MR) is 394 cm³/mol. The van der Waals surface area contributed by atoms with Crippen LogP contribution >= 0.6 is 7.82 Å². The van der Waals surface area contributed by atoms with E-state index in [4.69, 9.17) is 24.3 Å². The number of carbonyl (C=O) groups excluding carboxylic acids is 2. The average Bonchev–Trinajstić information content (AvgIpc) is 3.68. The average molecular weight is 1290 g/mol. The fourth-order valence-electron chi connectivity index (χ4n) is 10.7. The van der Waals surface area contributed by atoms with Crippen LogP contribution in [0.25, 0.3) is 0 Å². The fraction of sp³-hybridized carbons (Fsp3) is 0.728. The van der Waals surface area contributed by atoms with Gasteiger partial charge in [0.25, 0.3) is 0 Å². The second kappa shape index (κ2) is 75.4. The van der Waals surface area contributed by atoms with Crippen LogP contribution in [0.5, 0.6) is 0 Å². The van der Waals surface area contributed by atoms with Gasteiger partial charge in [0.1, 0.15) is 6.61 Å². The maximum Gasteiger partial charge on any atom is 0.472 e. The van der Waals surface area contributed by atoms with Gasteiger partial charge in [0.2, 0.25) is 0 Å². The van der Waals surface area contributed by atoms with E-state index in [0.29, 0.717) is 6.42 Å². The maximum absolute atomic E-state index is 12.8. The number of phosphoric acid groups is 1. The van der Waals surface area contributed by atoms with Gasteiger partial charge in [0.15, 0.2) is 6.10 Å². The smallest absolute Gasteiger partial charge is 0.462 e.